The minimum absolute atomic E-state index is 0.0225. The van der Waals surface area contributed by atoms with Gasteiger partial charge in [0.1, 0.15) is 0 Å². The van der Waals surface area contributed by atoms with Gasteiger partial charge < -0.3 is 15.2 Å². The molecule has 1 unspecified atom stereocenters. The number of benzene rings is 1. The van der Waals surface area contributed by atoms with Gasteiger partial charge in [0, 0.05) is 30.2 Å². The summed E-state index contributed by atoms with van der Waals surface area (Å²) in [5.41, 5.74) is 1.98. The van der Waals surface area contributed by atoms with E-state index in [-0.39, 0.29) is 30.4 Å². The molecule has 2 aliphatic rings. The second-order valence-corrected chi connectivity index (χ2v) is 6.24. The molecule has 2 aliphatic heterocycles. The highest BCUT2D eigenvalue weighted by Crippen LogP contribution is 2.22. The van der Waals surface area contributed by atoms with Crippen LogP contribution >= 0.6 is 0 Å². The van der Waals surface area contributed by atoms with E-state index in [0.29, 0.717) is 25.9 Å². The SMILES string of the molecule is O=C(Cc1c[nH]c2ccccc12)N1CCC(N2C(=O)CNC2=O)C1. The first kappa shape index (κ1) is 14.7. The third-order valence-electron chi connectivity index (χ3n) is 4.78. The number of aromatic nitrogens is 1. The number of hydrogen-bond acceptors (Lipinski definition) is 3. The number of rotatable bonds is 3. The van der Waals surface area contributed by atoms with E-state index in [4.69, 9.17) is 0 Å². The van der Waals surface area contributed by atoms with Gasteiger partial charge in [0.2, 0.25) is 11.8 Å². The normalized spacial score (nSPS) is 20.9. The van der Waals surface area contributed by atoms with Crippen LogP contribution in [0.4, 0.5) is 4.79 Å². The van der Waals surface area contributed by atoms with Crippen molar-refractivity contribution in [2.24, 2.45) is 0 Å². The lowest BCUT2D eigenvalue weighted by Crippen LogP contribution is -2.43. The van der Waals surface area contributed by atoms with Crippen LogP contribution in [0.5, 0.6) is 0 Å². The number of hydrogen-bond donors (Lipinski definition) is 2. The molecule has 24 heavy (non-hydrogen) atoms. The summed E-state index contributed by atoms with van der Waals surface area (Å²) in [5.74, 6) is -0.190. The number of nitrogens with one attached hydrogen (secondary N) is 2. The van der Waals surface area contributed by atoms with Crippen LogP contribution in [0, 0.1) is 0 Å². The van der Waals surface area contributed by atoms with Gasteiger partial charge in [-0.05, 0) is 18.1 Å². The van der Waals surface area contributed by atoms with E-state index in [9.17, 15) is 14.4 Å². The zero-order valence-electron chi connectivity index (χ0n) is 13.1. The Morgan fingerprint density at radius 3 is 2.88 bits per heavy atom. The molecule has 124 valence electrons. The predicted octanol–water partition coefficient (Wildman–Crippen LogP) is 0.863. The Kier molecular flexibility index (Phi) is 3.48. The van der Waals surface area contributed by atoms with E-state index in [1.165, 1.54) is 4.90 Å². The van der Waals surface area contributed by atoms with E-state index in [0.717, 1.165) is 16.5 Å². The van der Waals surface area contributed by atoms with E-state index in [1.807, 2.05) is 30.5 Å². The number of para-hydroxylation sites is 1. The fraction of sp³-hybridized carbons (Fsp3) is 0.353. The lowest BCUT2D eigenvalue weighted by Gasteiger charge is -2.21. The first-order valence-electron chi connectivity index (χ1n) is 8.06. The summed E-state index contributed by atoms with van der Waals surface area (Å²) >= 11 is 0. The molecule has 2 fully saturated rings. The maximum Gasteiger partial charge on any atom is 0.324 e. The zero-order valence-corrected chi connectivity index (χ0v) is 13.1. The number of nitrogens with zero attached hydrogens (tertiary/aromatic N) is 2. The van der Waals surface area contributed by atoms with Crippen molar-refractivity contribution in [1.82, 2.24) is 20.1 Å². The van der Waals surface area contributed by atoms with Crippen LogP contribution in [0.2, 0.25) is 0 Å². The number of H-pyrrole nitrogens is 1. The number of aromatic amines is 1. The number of carbonyl (C=O) groups is 3. The molecule has 0 radical (unpaired) electrons. The summed E-state index contributed by atoms with van der Waals surface area (Å²) in [6, 6.07) is 7.31. The summed E-state index contributed by atoms with van der Waals surface area (Å²) in [7, 11) is 0. The van der Waals surface area contributed by atoms with Crippen LogP contribution in [0.1, 0.15) is 12.0 Å². The first-order chi connectivity index (χ1) is 11.6. The molecular formula is C17H18N4O3. The fourth-order valence-corrected chi connectivity index (χ4v) is 3.54. The van der Waals surface area contributed by atoms with Crippen LogP contribution in [-0.2, 0) is 16.0 Å². The van der Waals surface area contributed by atoms with Crippen molar-refractivity contribution in [3.63, 3.8) is 0 Å². The molecule has 7 heteroatoms. The largest absolute Gasteiger partial charge is 0.361 e. The van der Waals surface area contributed by atoms with Crippen molar-refractivity contribution in [3.8, 4) is 0 Å². The highest BCUT2D eigenvalue weighted by molar-refractivity contribution is 6.02. The third-order valence-corrected chi connectivity index (χ3v) is 4.78. The quantitative estimate of drug-likeness (QED) is 0.821. The summed E-state index contributed by atoms with van der Waals surface area (Å²) in [6.45, 7) is 1.04. The molecule has 0 saturated carbocycles. The van der Waals surface area contributed by atoms with Crippen molar-refractivity contribution < 1.29 is 14.4 Å². The van der Waals surface area contributed by atoms with Crippen LogP contribution in [0.3, 0.4) is 0 Å². The van der Waals surface area contributed by atoms with Crippen molar-refractivity contribution in [3.05, 3.63) is 36.0 Å². The van der Waals surface area contributed by atoms with Crippen LogP contribution < -0.4 is 5.32 Å². The van der Waals surface area contributed by atoms with Crippen molar-refractivity contribution in [2.75, 3.05) is 19.6 Å². The predicted molar refractivity (Wildman–Crippen MR) is 87.2 cm³/mol. The fourth-order valence-electron chi connectivity index (χ4n) is 3.54. The first-order valence-corrected chi connectivity index (χ1v) is 8.06. The second-order valence-electron chi connectivity index (χ2n) is 6.24. The maximum absolute atomic E-state index is 12.6. The van der Waals surface area contributed by atoms with Gasteiger partial charge in [0.25, 0.3) is 0 Å². The van der Waals surface area contributed by atoms with E-state index in [1.54, 1.807) is 4.90 Å². The van der Waals surface area contributed by atoms with Gasteiger partial charge in [-0.2, -0.15) is 0 Å². The van der Waals surface area contributed by atoms with Crippen molar-refractivity contribution in [1.29, 1.82) is 0 Å². The highest BCUT2D eigenvalue weighted by Gasteiger charge is 2.39. The number of urea groups is 1. The van der Waals surface area contributed by atoms with Gasteiger partial charge in [0.15, 0.2) is 0 Å². The molecule has 4 amide bonds. The second kappa shape index (κ2) is 5.67. The molecule has 0 aliphatic carbocycles. The lowest BCUT2D eigenvalue weighted by molar-refractivity contribution is -0.131. The molecule has 0 spiro atoms. The lowest BCUT2D eigenvalue weighted by atomic mass is 10.1. The third kappa shape index (κ3) is 2.42. The van der Waals surface area contributed by atoms with Crippen LogP contribution in [0.25, 0.3) is 10.9 Å². The van der Waals surface area contributed by atoms with Gasteiger partial charge in [-0.1, -0.05) is 18.2 Å². The minimum atomic E-state index is -0.351. The summed E-state index contributed by atoms with van der Waals surface area (Å²) < 4.78 is 0. The molecule has 2 aromatic rings. The molecule has 3 heterocycles. The minimum Gasteiger partial charge on any atom is -0.361 e. The Labute approximate surface area is 138 Å². The number of imide groups is 1. The van der Waals surface area contributed by atoms with E-state index in [2.05, 4.69) is 10.3 Å². The van der Waals surface area contributed by atoms with Crippen molar-refractivity contribution in [2.45, 2.75) is 18.9 Å². The Hall–Kier alpha value is -2.83. The smallest absolute Gasteiger partial charge is 0.324 e. The Morgan fingerprint density at radius 1 is 1.25 bits per heavy atom. The maximum atomic E-state index is 12.6. The van der Waals surface area contributed by atoms with Gasteiger partial charge in [0.05, 0.1) is 19.0 Å². The molecule has 0 bridgehead atoms. The number of amides is 4. The van der Waals surface area contributed by atoms with Crippen LogP contribution in [-0.4, -0.2) is 58.3 Å². The summed E-state index contributed by atoms with van der Waals surface area (Å²) in [5, 5.41) is 3.58. The Balaban J connectivity index is 1.44. The average molecular weight is 326 g/mol. The summed E-state index contributed by atoms with van der Waals surface area (Å²) in [6.07, 6.45) is 2.82. The number of carbonyl (C=O) groups excluding carboxylic acids is 3. The van der Waals surface area contributed by atoms with Gasteiger partial charge in [-0.15, -0.1) is 0 Å². The van der Waals surface area contributed by atoms with E-state index >= 15 is 0 Å². The monoisotopic (exact) mass is 326 g/mol. The molecule has 1 atom stereocenters. The Morgan fingerprint density at radius 2 is 2.08 bits per heavy atom. The molecule has 1 aromatic heterocycles. The Bertz CT molecular complexity index is 812. The van der Waals surface area contributed by atoms with Gasteiger partial charge >= 0.3 is 6.03 Å². The molecule has 7 nitrogen and oxygen atoms in total. The standard InChI is InChI=1S/C17H18N4O3/c22-15(7-11-8-18-14-4-2-1-3-13(11)14)20-6-5-12(10-20)21-16(23)9-19-17(21)24/h1-4,8,12,18H,5-7,9-10H2,(H,19,24). The highest BCUT2D eigenvalue weighted by atomic mass is 16.2. The molecule has 4 rings (SSSR count). The van der Waals surface area contributed by atoms with Crippen LogP contribution in [0.15, 0.2) is 30.5 Å². The topological polar surface area (TPSA) is 85.5 Å². The van der Waals surface area contributed by atoms with Gasteiger partial charge in [-0.3, -0.25) is 14.5 Å². The molecule has 2 saturated heterocycles. The molecular weight excluding hydrogens is 308 g/mol. The van der Waals surface area contributed by atoms with E-state index < -0.39 is 0 Å². The van der Waals surface area contributed by atoms with Gasteiger partial charge in [-0.25, -0.2) is 4.79 Å². The number of fused-ring (bicyclic) bond motifs is 1. The van der Waals surface area contributed by atoms with Crippen molar-refractivity contribution >= 4 is 28.7 Å². The zero-order chi connectivity index (χ0) is 16.7. The summed E-state index contributed by atoms with van der Waals surface area (Å²) in [4.78, 5) is 42.3. The number of likely N-dealkylation sites (tertiary alicyclic amines) is 1. The molecule has 2 N–H and O–H groups in total. The molecule has 1 aromatic carbocycles. The average Bonchev–Trinajstić information content (AvgIpc) is 3.28.